The van der Waals surface area contributed by atoms with Crippen molar-refractivity contribution in [2.75, 3.05) is 53.6 Å². The Balaban J connectivity index is 1.03. The highest BCUT2D eigenvalue weighted by molar-refractivity contribution is 5.90. The summed E-state index contributed by atoms with van der Waals surface area (Å²) >= 11 is 0. The third-order valence-corrected chi connectivity index (χ3v) is 15.0. The number of methoxy groups -OCH3 is 2. The Bertz CT molecular complexity index is 2380. The topological polar surface area (TPSA) is 94.4 Å². The van der Waals surface area contributed by atoms with Crippen LogP contribution in [0.4, 0.5) is 5.69 Å². The van der Waals surface area contributed by atoms with Gasteiger partial charge in [0.1, 0.15) is 11.5 Å². The SMILES string of the molecule is C=Nc1ccc(OC)cc1/C(=C\C)[C@@H](COc1nnc(OC[C@H](c2ccnc3ccc(OC)cc23)[C@@H]2CC3CCN2CC3CC)c2ccccc12)[C@@H]1CC2CCN1CC2CC. The fraction of sp³-hybridized carbons (Fsp3) is 0.490. The number of hydrogen-bond donors (Lipinski definition) is 0. The van der Waals surface area contributed by atoms with Gasteiger partial charge in [-0.25, -0.2) is 0 Å². The Kier molecular flexibility index (Phi) is 12.3. The summed E-state index contributed by atoms with van der Waals surface area (Å²) in [5, 5.41) is 12.5. The number of piperidine rings is 6. The van der Waals surface area contributed by atoms with Gasteiger partial charge in [0.2, 0.25) is 11.8 Å². The van der Waals surface area contributed by atoms with Crippen molar-refractivity contribution in [3.05, 3.63) is 90.1 Å². The van der Waals surface area contributed by atoms with Gasteiger partial charge in [0.15, 0.2) is 0 Å². The molecule has 6 aliphatic heterocycles. The quantitative estimate of drug-likeness (QED) is 0.0902. The van der Waals surface area contributed by atoms with Gasteiger partial charge in [0, 0.05) is 54.2 Å². The van der Waals surface area contributed by atoms with Gasteiger partial charge in [0.05, 0.1) is 49.4 Å². The van der Waals surface area contributed by atoms with Crippen molar-refractivity contribution in [1.29, 1.82) is 0 Å². The highest BCUT2D eigenvalue weighted by Gasteiger charge is 2.45. The molecule has 6 saturated heterocycles. The van der Waals surface area contributed by atoms with Gasteiger partial charge in [-0.2, -0.15) is 0 Å². The van der Waals surface area contributed by atoms with Crippen molar-refractivity contribution in [2.45, 2.75) is 77.3 Å². The second-order valence-corrected chi connectivity index (χ2v) is 17.8. The van der Waals surface area contributed by atoms with Crippen LogP contribution in [0.25, 0.3) is 27.2 Å². The summed E-state index contributed by atoms with van der Waals surface area (Å²) in [4.78, 5) is 14.6. The van der Waals surface area contributed by atoms with Crippen molar-refractivity contribution in [3.63, 3.8) is 0 Å². The van der Waals surface area contributed by atoms with Crippen molar-refractivity contribution in [3.8, 4) is 23.3 Å². The van der Waals surface area contributed by atoms with E-state index in [4.69, 9.17) is 34.1 Å². The van der Waals surface area contributed by atoms with Gasteiger partial charge >= 0.3 is 0 Å². The lowest BCUT2D eigenvalue weighted by molar-refractivity contribution is -0.0218. The number of aliphatic imine (C=N–C) groups is 1. The molecule has 0 saturated carbocycles. The van der Waals surface area contributed by atoms with E-state index in [-0.39, 0.29) is 11.8 Å². The Labute approximate surface area is 361 Å². The molecular weight excluding hydrogens is 761 g/mol. The second kappa shape index (κ2) is 18.1. The van der Waals surface area contributed by atoms with Crippen LogP contribution in [0, 0.1) is 29.6 Å². The molecule has 3 aromatic carbocycles. The van der Waals surface area contributed by atoms with Gasteiger partial charge < -0.3 is 18.9 Å². The van der Waals surface area contributed by atoms with Crippen LogP contribution in [0.5, 0.6) is 23.3 Å². The molecule has 2 aromatic heterocycles. The lowest BCUT2D eigenvalue weighted by Crippen LogP contribution is -2.56. The first-order valence-corrected chi connectivity index (χ1v) is 22.7. The molecule has 0 N–H and O–H groups in total. The average molecular weight is 823 g/mol. The van der Waals surface area contributed by atoms with E-state index in [1.165, 1.54) is 36.8 Å². The van der Waals surface area contributed by atoms with E-state index in [1.54, 1.807) is 14.2 Å². The zero-order valence-electron chi connectivity index (χ0n) is 36.6. The highest BCUT2D eigenvalue weighted by atomic mass is 16.5. The standard InChI is InChI=1S/C51H62N6O4/c1-7-32-28-56-22-19-34(32)24-48(56)44(38(9-3)42-26-36(58-5)14-16-46(42)52-4)30-60-50-40-12-10-11-13-41(40)51(55-54-50)61-31-45(49-25-35-20-23-57(49)29-33(35)8-2)39-18-21-53-47-17-15-37(59-6)27-43(39)47/h9-18,21,26-27,32-35,44-45,48-49H,4,7-8,19-20,22-25,28-31H2,1-3,5-6H3/b38-9+/t32?,33?,34?,35?,44-,45-,48+,49+/m1/s1. The zero-order valence-corrected chi connectivity index (χ0v) is 36.6. The summed E-state index contributed by atoms with van der Waals surface area (Å²) in [5.41, 5.74) is 5.26. The Morgan fingerprint density at radius 3 is 2.00 bits per heavy atom. The zero-order chi connectivity index (χ0) is 42.0. The average Bonchev–Trinajstić information content (AvgIpc) is 3.33. The summed E-state index contributed by atoms with van der Waals surface area (Å²) in [7, 11) is 3.43. The summed E-state index contributed by atoms with van der Waals surface area (Å²) in [6.45, 7) is 16.2. The van der Waals surface area contributed by atoms with Gasteiger partial charge in [-0.05, 0) is 142 Å². The summed E-state index contributed by atoms with van der Waals surface area (Å²) in [5.74, 6) is 5.74. The van der Waals surface area contributed by atoms with Gasteiger partial charge in [0.25, 0.3) is 0 Å². The fourth-order valence-corrected chi connectivity index (χ4v) is 11.7. The first-order chi connectivity index (χ1) is 29.9. The second-order valence-electron chi connectivity index (χ2n) is 17.8. The summed E-state index contributed by atoms with van der Waals surface area (Å²) < 4.78 is 25.2. The lowest BCUT2D eigenvalue weighted by atomic mass is 9.70. The monoisotopic (exact) mass is 822 g/mol. The molecule has 4 bridgehead atoms. The minimum absolute atomic E-state index is 0.0531. The maximum atomic E-state index is 6.90. The number of hydrogen-bond acceptors (Lipinski definition) is 10. The van der Waals surface area contributed by atoms with Crippen LogP contribution in [0.3, 0.4) is 0 Å². The fourth-order valence-electron chi connectivity index (χ4n) is 11.7. The van der Waals surface area contributed by atoms with Crippen LogP contribution in [0.2, 0.25) is 0 Å². The molecule has 8 heterocycles. The minimum atomic E-state index is 0.0531. The van der Waals surface area contributed by atoms with Gasteiger partial charge in [-0.15, -0.1) is 10.2 Å². The van der Waals surface area contributed by atoms with Crippen LogP contribution >= 0.6 is 0 Å². The minimum Gasteiger partial charge on any atom is -0.497 e. The number of rotatable bonds is 16. The van der Waals surface area contributed by atoms with E-state index in [1.807, 2.05) is 36.5 Å². The molecule has 0 aliphatic carbocycles. The van der Waals surface area contributed by atoms with Crippen LogP contribution in [0.15, 0.2) is 84.0 Å². The smallest absolute Gasteiger partial charge is 0.241 e. The molecule has 6 unspecified atom stereocenters. The molecule has 5 aromatic rings. The van der Waals surface area contributed by atoms with Crippen LogP contribution < -0.4 is 18.9 Å². The molecular formula is C51H62N6O4. The molecule has 6 fully saturated rings. The van der Waals surface area contributed by atoms with E-state index in [0.29, 0.717) is 43.0 Å². The maximum Gasteiger partial charge on any atom is 0.241 e. The van der Waals surface area contributed by atoms with Crippen LogP contribution in [-0.4, -0.2) is 97.4 Å². The predicted octanol–water partition coefficient (Wildman–Crippen LogP) is 10.0. The first-order valence-electron chi connectivity index (χ1n) is 22.7. The normalized spacial score (nSPS) is 26.9. The largest absolute Gasteiger partial charge is 0.497 e. The number of aromatic nitrogens is 3. The van der Waals surface area contributed by atoms with Crippen LogP contribution in [0.1, 0.15) is 76.3 Å². The van der Waals surface area contributed by atoms with E-state index >= 15 is 0 Å². The third-order valence-electron chi connectivity index (χ3n) is 15.0. The number of allylic oxidation sites excluding steroid dienone is 1. The van der Waals surface area contributed by atoms with E-state index < -0.39 is 0 Å². The van der Waals surface area contributed by atoms with Gasteiger partial charge in [-0.3, -0.25) is 19.8 Å². The Morgan fingerprint density at radius 2 is 1.41 bits per heavy atom. The third kappa shape index (κ3) is 7.98. The van der Waals surface area contributed by atoms with Crippen molar-refractivity contribution >= 4 is 39.7 Å². The maximum absolute atomic E-state index is 6.90. The van der Waals surface area contributed by atoms with Crippen LogP contribution in [-0.2, 0) is 0 Å². The van der Waals surface area contributed by atoms with Crippen molar-refractivity contribution < 1.29 is 18.9 Å². The highest BCUT2D eigenvalue weighted by Crippen LogP contribution is 2.47. The molecule has 0 amide bonds. The molecule has 10 nitrogen and oxygen atoms in total. The van der Waals surface area contributed by atoms with Crippen molar-refractivity contribution in [2.24, 2.45) is 34.6 Å². The molecule has 11 rings (SSSR count). The number of ether oxygens (including phenoxy) is 4. The van der Waals surface area contributed by atoms with E-state index in [0.717, 1.165) is 101 Å². The molecule has 6 aliphatic rings. The molecule has 10 heteroatoms. The summed E-state index contributed by atoms with van der Waals surface area (Å²) in [6, 6.07) is 23.3. The molecule has 0 spiro atoms. The van der Waals surface area contributed by atoms with E-state index in [2.05, 4.69) is 84.8 Å². The molecule has 0 radical (unpaired) electrons. The first kappa shape index (κ1) is 41.3. The molecule has 61 heavy (non-hydrogen) atoms. The summed E-state index contributed by atoms with van der Waals surface area (Å²) in [6.07, 6.45) is 11.4. The Hall–Kier alpha value is -5.06. The number of fused-ring (bicyclic) bond motifs is 8. The Morgan fingerprint density at radius 1 is 0.787 bits per heavy atom. The van der Waals surface area contributed by atoms with Gasteiger partial charge in [-0.1, -0.05) is 44.9 Å². The number of nitrogens with zero attached hydrogens (tertiary/aromatic N) is 6. The molecule has 320 valence electrons. The molecule has 10 atom stereocenters. The van der Waals surface area contributed by atoms with Crippen molar-refractivity contribution in [1.82, 2.24) is 25.0 Å². The predicted molar refractivity (Wildman–Crippen MR) is 245 cm³/mol. The van der Waals surface area contributed by atoms with E-state index in [9.17, 15) is 0 Å². The number of benzene rings is 3. The lowest BCUT2D eigenvalue weighted by Gasteiger charge is -2.52. The number of pyridine rings is 1.